The molecule has 1 N–H and O–H groups in total. The van der Waals surface area contributed by atoms with Crippen molar-refractivity contribution in [3.05, 3.63) is 65.2 Å². The second kappa shape index (κ2) is 12.8. The minimum absolute atomic E-state index is 0.0813. The van der Waals surface area contributed by atoms with Crippen molar-refractivity contribution in [1.82, 2.24) is 10.2 Å². The Bertz CT molecular complexity index is 1340. The zero-order valence-corrected chi connectivity index (χ0v) is 24.9. The van der Waals surface area contributed by atoms with Crippen LogP contribution in [0.3, 0.4) is 0 Å². The minimum atomic E-state index is -4.80. The van der Waals surface area contributed by atoms with E-state index in [1.165, 1.54) is 31.4 Å². The fourth-order valence-electron chi connectivity index (χ4n) is 5.82. The largest absolute Gasteiger partial charge is 0.573 e. The van der Waals surface area contributed by atoms with E-state index in [1.807, 2.05) is 17.0 Å². The molecule has 2 aliphatic rings. The third-order valence-electron chi connectivity index (χ3n) is 8.33. The number of amides is 2. The maximum atomic E-state index is 13.8. The van der Waals surface area contributed by atoms with Crippen LogP contribution < -0.4 is 10.1 Å². The Kier molecular flexibility index (Phi) is 9.51. The van der Waals surface area contributed by atoms with Gasteiger partial charge < -0.3 is 19.7 Å². The average molecular weight is 602 g/mol. The van der Waals surface area contributed by atoms with Crippen LogP contribution in [0.4, 0.5) is 13.2 Å². The van der Waals surface area contributed by atoms with Crippen molar-refractivity contribution >= 4 is 23.5 Å². The van der Waals surface area contributed by atoms with Crippen LogP contribution in [0.1, 0.15) is 74.4 Å². The van der Waals surface area contributed by atoms with Gasteiger partial charge in [-0.1, -0.05) is 32.9 Å². The van der Waals surface area contributed by atoms with Crippen LogP contribution in [0, 0.1) is 11.3 Å². The van der Waals surface area contributed by atoms with Gasteiger partial charge in [-0.05, 0) is 85.4 Å². The van der Waals surface area contributed by atoms with Crippen LogP contribution in [0.25, 0.3) is 0 Å². The summed E-state index contributed by atoms with van der Waals surface area (Å²) >= 11 is 0. The Morgan fingerprint density at radius 2 is 1.65 bits per heavy atom. The van der Waals surface area contributed by atoms with Crippen molar-refractivity contribution in [3.63, 3.8) is 0 Å². The van der Waals surface area contributed by atoms with Crippen LogP contribution in [-0.2, 0) is 20.7 Å². The number of benzene rings is 2. The molecule has 0 aromatic heterocycles. The zero-order chi connectivity index (χ0) is 31.4. The first-order valence-corrected chi connectivity index (χ1v) is 14.4. The molecule has 0 radical (unpaired) electrons. The number of carbonyl (C=O) groups excluding carboxylic acids is 3. The van der Waals surface area contributed by atoms with Gasteiger partial charge in [-0.3, -0.25) is 19.4 Å². The summed E-state index contributed by atoms with van der Waals surface area (Å²) in [7, 11) is 1.29. The molecule has 11 heteroatoms. The van der Waals surface area contributed by atoms with Crippen molar-refractivity contribution in [2.24, 2.45) is 16.3 Å². The van der Waals surface area contributed by atoms with Crippen LogP contribution >= 0.6 is 0 Å². The molecule has 1 heterocycles. The third-order valence-corrected chi connectivity index (χ3v) is 8.33. The second-order valence-corrected chi connectivity index (χ2v) is 12.1. The van der Waals surface area contributed by atoms with Crippen LogP contribution in [0.15, 0.2) is 53.5 Å². The van der Waals surface area contributed by atoms with E-state index < -0.39 is 18.0 Å². The summed E-state index contributed by atoms with van der Waals surface area (Å²) < 4.78 is 46.5. The molecule has 4 rings (SSSR count). The minimum Gasteiger partial charge on any atom is -0.469 e. The standard InChI is InChI=1S/C32H38F3N3O5/c1-30(2,3)24-13-17-31(18-14-24)37-27(22-9-11-25(12-10-22)43-32(33,34)35)29(41)38(31)20-16-21-5-7-23(8-6-21)28(40)36-19-15-26(39)42-4/h5-12,24H,13-20H2,1-4H3,(H,36,40). The highest BCUT2D eigenvalue weighted by Gasteiger charge is 2.49. The molecular weight excluding hydrogens is 563 g/mol. The Labute approximate surface area is 249 Å². The first kappa shape index (κ1) is 32.0. The number of ether oxygens (including phenoxy) is 2. The van der Waals surface area contributed by atoms with Gasteiger partial charge in [-0.2, -0.15) is 0 Å². The summed E-state index contributed by atoms with van der Waals surface area (Å²) in [5.41, 5.74) is 1.48. The summed E-state index contributed by atoms with van der Waals surface area (Å²) in [5.74, 6) is -0.833. The molecule has 1 saturated carbocycles. The Balaban J connectivity index is 1.48. The van der Waals surface area contributed by atoms with E-state index in [9.17, 15) is 27.6 Å². The van der Waals surface area contributed by atoms with Gasteiger partial charge in [0.05, 0.1) is 13.5 Å². The van der Waals surface area contributed by atoms with Crippen molar-refractivity contribution in [2.75, 3.05) is 20.2 Å². The topological polar surface area (TPSA) is 97.3 Å². The van der Waals surface area contributed by atoms with Gasteiger partial charge in [-0.25, -0.2) is 0 Å². The molecule has 2 amide bonds. The number of nitrogens with zero attached hydrogens (tertiary/aromatic N) is 2. The molecule has 2 aromatic carbocycles. The molecule has 0 unspecified atom stereocenters. The van der Waals surface area contributed by atoms with Crippen LogP contribution in [0.2, 0.25) is 0 Å². The molecule has 1 fully saturated rings. The van der Waals surface area contributed by atoms with E-state index in [2.05, 4.69) is 35.6 Å². The van der Waals surface area contributed by atoms with Gasteiger partial charge in [0.15, 0.2) is 0 Å². The van der Waals surface area contributed by atoms with E-state index in [-0.39, 0.29) is 41.7 Å². The average Bonchev–Trinajstić information content (AvgIpc) is 3.21. The third kappa shape index (κ3) is 7.94. The maximum absolute atomic E-state index is 13.8. The number of rotatable bonds is 9. The monoisotopic (exact) mass is 601 g/mol. The quantitative estimate of drug-likeness (QED) is 0.373. The van der Waals surface area contributed by atoms with Crippen molar-refractivity contribution in [3.8, 4) is 5.75 Å². The summed E-state index contributed by atoms with van der Waals surface area (Å²) in [5, 5.41) is 2.68. The molecule has 0 saturated heterocycles. The summed E-state index contributed by atoms with van der Waals surface area (Å²) in [6.07, 6.45) is -0.987. The molecule has 0 bridgehead atoms. The number of carbonyl (C=O) groups is 3. The predicted octanol–water partition coefficient (Wildman–Crippen LogP) is 5.68. The highest BCUT2D eigenvalue weighted by atomic mass is 19.4. The number of hydrogen-bond acceptors (Lipinski definition) is 6. The van der Waals surface area contributed by atoms with Gasteiger partial charge in [0, 0.05) is 24.2 Å². The van der Waals surface area contributed by atoms with Gasteiger partial charge in [0.2, 0.25) is 0 Å². The zero-order valence-electron chi connectivity index (χ0n) is 24.9. The fourth-order valence-corrected chi connectivity index (χ4v) is 5.82. The smallest absolute Gasteiger partial charge is 0.469 e. The summed E-state index contributed by atoms with van der Waals surface area (Å²) in [6, 6.07) is 12.3. The number of methoxy groups -OCH3 is 1. The van der Waals surface area contributed by atoms with Gasteiger partial charge in [0.25, 0.3) is 11.8 Å². The fraction of sp³-hybridized carbons (Fsp3) is 0.500. The maximum Gasteiger partial charge on any atom is 0.573 e. The Morgan fingerprint density at radius 3 is 2.21 bits per heavy atom. The van der Waals surface area contributed by atoms with E-state index in [0.29, 0.717) is 42.9 Å². The molecule has 8 nitrogen and oxygen atoms in total. The van der Waals surface area contributed by atoms with Crippen LogP contribution in [0.5, 0.6) is 5.75 Å². The lowest BCUT2D eigenvalue weighted by Gasteiger charge is -2.45. The molecule has 1 spiro atoms. The van der Waals surface area contributed by atoms with Gasteiger partial charge in [0.1, 0.15) is 17.1 Å². The molecule has 232 valence electrons. The molecule has 1 aliphatic heterocycles. The predicted molar refractivity (Wildman–Crippen MR) is 155 cm³/mol. The summed E-state index contributed by atoms with van der Waals surface area (Å²) in [6.45, 7) is 7.22. The highest BCUT2D eigenvalue weighted by molar-refractivity contribution is 6.46. The van der Waals surface area contributed by atoms with Crippen molar-refractivity contribution in [2.45, 2.75) is 71.3 Å². The number of halogens is 3. The summed E-state index contributed by atoms with van der Waals surface area (Å²) in [4.78, 5) is 44.3. The number of nitrogens with one attached hydrogen (secondary N) is 1. The van der Waals surface area contributed by atoms with Gasteiger partial charge >= 0.3 is 12.3 Å². The van der Waals surface area contributed by atoms with E-state index in [4.69, 9.17) is 4.99 Å². The molecule has 2 aromatic rings. The normalized spacial score (nSPS) is 20.6. The van der Waals surface area contributed by atoms with Crippen molar-refractivity contribution < 1.29 is 37.0 Å². The van der Waals surface area contributed by atoms with Crippen molar-refractivity contribution in [1.29, 1.82) is 0 Å². The number of aliphatic imine (C=N–C) groups is 1. The first-order chi connectivity index (χ1) is 20.2. The molecule has 43 heavy (non-hydrogen) atoms. The SMILES string of the molecule is COC(=O)CCNC(=O)c1ccc(CCN2C(=O)C(c3ccc(OC(F)(F)F)cc3)=NC23CCC(C(C)(C)C)CC3)cc1. The van der Waals surface area contributed by atoms with E-state index in [0.717, 1.165) is 18.4 Å². The Morgan fingerprint density at radius 1 is 1.02 bits per heavy atom. The van der Waals surface area contributed by atoms with E-state index >= 15 is 0 Å². The molecular formula is C32H38F3N3O5. The van der Waals surface area contributed by atoms with Crippen LogP contribution in [-0.4, -0.2) is 60.6 Å². The Hall–Kier alpha value is -3.89. The lowest BCUT2D eigenvalue weighted by molar-refractivity contribution is -0.274. The lowest BCUT2D eigenvalue weighted by atomic mass is 9.69. The highest BCUT2D eigenvalue weighted by Crippen LogP contribution is 2.46. The number of esters is 1. The van der Waals surface area contributed by atoms with E-state index in [1.54, 1.807) is 12.1 Å². The molecule has 1 aliphatic carbocycles. The second-order valence-electron chi connectivity index (χ2n) is 12.1. The first-order valence-electron chi connectivity index (χ1n) is 14.4. The van der Waals surface area contributed by atoms with Gasteiger partial charge in [-0.15, -0.1) is 13.2 Å². The number of hydrogen-bond donors (Lipinski definition) is 1. The lowest BCUT2D eigenvalue weighted by Crippen LogP contribution is -2.50. The molecule has 0 atom stereocenters. The number of alkyl halides is 3.